The van der Waals surface area contributed by atoms with Crippen LogP contribution < -0.4 is 0 Å². The Kier molecular flexibility index (Phi) is 5.64. The highest BCUT2D eigenvalue weighted by Gasteiger charge is 2.14. The maximum Gasteiger partial charge on any atom is 0.191 e. The van der Waals surface area contributed by atoms with Crippen molar-refractivity contribution in [2.45, 2.75) is 30.3 Å². The van der Waals surface area contributed by atoms with Gasteiger partial charge in [-0.3, -0.25) is 0 Å². The fourth-order valence-electron chi connectivity index (χ4n) is 2.97. The number of hydrogen-bond donors (Lipinski definition) is 1. The van der Waals surface area contributed by atoms with Crippen molar-refractivity contribution in [3.63, 3.8) is 0 Å². The number of aromatic amines is 1. The molecule has 2 heterocycles. The molecule has 0 atom stereocenters. The monoisotopic (exact) mass is 375 g/mol. The standard InChI is InChI=1S/C21H21N5S/c1-3-8-17(9-4-1)15-27-21-25-24-20(18-10-5-2-6-11-18)26(21)13-7-12-19-14-22-16-23-19/h1-6,8-11,14,16H,7,12-13,15H2,(H,22,23). The summed E-state index contributed by atoms with van der Waals surface area (Å²) in [7, 11) is 0. The molecule has 0 saturated heterocycles. The van der Waals surface area contributed by atoms with Crippen molar-refractivity contribution < 1.29 is 0 Å². The molecule has 0 saturated carbocycles. The molecule has 0 aliphatic rings. The lowest BCUT2D eigenvalue weighted by Crippen LogP contribution is -2.04. The van der Waals surface area contributed by atoms with E-state index in [0.717, 1.165) is 47.4 Å². The molecule has 0 spiro atoms. The van der Waals surface area contributed by atoms with Crippen LogP contribution in [0, 0.1) is 0 Å². The van der Waals surface area contributed by atoms with Gasteiger partial charge in [0, 0.05) is 29.8 Å². The quantitative estimate of drug-likeness (QED) is 0.458. The van der Waals surface area contributed by atoms with Gasteiger partial charge in [0.25, 0.3) is 0 Å². The molecule has 4 aromatic rings. The van der Waals surface area contributed by atoms with Gasteiger partial charge in [-0.25, -0.2) is 4.98 Å². The van der Waals surface area contributed by atoms with Crippen molar-refractivity contribution in [3.8, 4) is 11.4 Å². The van der Waals surface area contributed by atoms with Gasteiger partial charge in [-0.1, -0.05) is 72.4 Å². The summed E-state index contributed by atoms with van der Waals surface area (Å²) in [5, 5.41) is 9.93. The molecular formula is C21H21N5S. The molecule has 0 unspecified atom stereocenters. The highest BCUT2D eigenvalue weighted by atomic mass is 32.2. The second-order valence-corrected chi connectivity index (χ2v) is 7.22. The van der Waals surface area contributed by atoms with E-state index in [9.17, 15) is 0 Å². The van der Waals surface area contributed by atoms with Crippen LogP contribution in [-0.2, 0) is 18.7 Å². The normalized spacial score (nSPS) is 11.0. The van der Waals surface area contributed by atoms with Crippen molar-refractivity contribution in [3.05, 3.63) is 84.4 Å². The van der Waals surface area contributed by atoms with Gasteiger partial charge >= 0.3 is 0 Å². The SMILES string of the molecule is c1ccc(CSc2nnc(-c3ccccc3)n2CCCc2cnc[nH]2)cc1. The predicted octanol–water partition coefficient (Wildman–Crippen LogP) is 4.59. The molecule has 136 valence electrons. The average molecular weight is 376 g/mol. The third-order valence-corrected chi connectivity index (χ3v) is 5.38. The van der Waals surface area contributed by atoms with E-state index in [1.807, 2.05) is 30.5 Å². The lowest BCUT2D eigenvalue weighted by molar-refractivity contribution is 0.596. The van der Waals surface area contributed by atoms with Crippen molar-refractivity contribution in [2.24, 2.45) is 0 Å². The fraction of sp³-hybridized carbons (Fsp3) is 0.190. The van der Waals surface area contributed by atoms with Crippen LogP contribution in [0.1, 0.15) is 17.7 Å². The van der Waals surface area contributed by atoms with Gasteiger partial charge in [-0.05, 0) is 18.4 Å². The Morgan fingerprint density at radius 1 is 0.926 bits per heavy atom. The topological polar surface area (TPSA) is 59.4 Å². The van der Waals surface area contributed by atoms with Crippen LogP contribution in [0.5, 0.6) is 0 Å². The van der Waals surface area contributed by atoms with Crippen LogP contribution in [0.25, 0.3) is 11.4 Å². The minimum absolute atomic E-state index is 0.868. The Morgan fingerprint density at radius 3 is 2.44 bits per heavy atom. The highest BCUT2D eigenvalue weighted by Crippen LogP contribution is 2.26. The molecule has 6 heteroatoms. The van der Waals surface area contributed by atoms with E-state index in [2.05, 4.69) is 61.1 Å². The molecule has 2 aromatic heterocycles. The third kappa shape index (κ3) is 4.46. The Bertz CT molecular complexity index is 949. The van der Waals surface area contributed by atoms with Crippen LogP contribution in [0.15, 0.2) is 78.3 Å². The van der Waals surface area contributed by atoms with Crippen molar-refractivity contribution in [1.29, 1.82) is 0 Å². The number of imidazole rings is 1. The first-order valence-corrected chi connectivity index (χ1v) is 10.0. The summed E-state index contributed by atoms with van der Waals surface area (Å²) in [5.74, 6) is 1.81. The van der Waals surface area contributed by atoms with Gasteiger partial charge < -0.3 is 9.55 Å². The first kappa shape index (κ1) is 17.5. The third-order valence-electron chi connectivity index (χ3n) is 4.34. The zero-order chi connectivity index (χ0) is 18.3. The molecule has 0 radical (unpaired) electrons. The average Bonchev–Trinajstić information content (AvgIpc) is 3.38. The molecule has 0 aliphatic heterocycles. The molecule has 0 bridgehead atoms. The van der Waals surface area contributed by atoms with Gasteiger partial charge in [0.2, 0.25) is 0 Å². The maximum absolute atomic E-state index is 4.49. The van der Waals surface area contributed by atoms with Crippen molar-refractivity contribution in [2.75, 3.05) is 0 Å². The van der Waals surface area contributed by atoms with Gasteiger partial charge in [-0.15, -0.1) is 10.2 Å². The molecule has 4 rings (SSSR count). The number of benzene rings is 2. The predicted molar refractivity (Wildman–Crippen MR) is 108 cm³/mol. The van der Waals surface area contributed by atoms with E-state index in [4.69, 9.17) is 0 Å². The van der Waals surface area contributed by atoms with E-state index in [-0.39, 0.29) is 0 Å². The van der Waals surface area contributed by atoms with E-state index < -0.39 is 0 Å². The molecule has 2 aromatic carbocycles. The highest BCUT2D eigenvalue weighted by molar-refractivity contribution is 7.98. The number of nitrogens with zero attached hydrogens (tertiary/aromatic N) is 4. The van der Waals surface area contributed by atoms with Crippen LogP contribution >= 0.6 is 11.8 Å². The van der Waals surface area contributed by atoms with Crippen LogP contribution in [0.2, 0.25) is 0 Å². The van der Waals surface area contributed by atoms with Gasteiger partial charge in [0.1, 0.15) is 0 Å². The second kappa shape index (κ2) is 8.68. The molecule has 0 aliphatic carbocycles. The summed E-state index contributed by atoms with van der Waals surface area (Å²) in [6, 6.07) is 20.7. The molecule has 1 N–H and O–H groups in total. The maximum atomic E-state index is 4.49. The number of rotatable bonds is 8. The summed E-state index contributed by atoms with van der Waals surface area (Å²) < 4.78 is 2.24. The second-order valence-electron chi connectivity index (χ2n) is 6.28. The van der Waals surface area contributed by atoms with Crippen LogP contribution in [0.4, 0.5) is 0 Å². The lowest BCUT2D eigenvalue weighted by Gasteiger charge is -2.10. The molecule has 27 heavy (non-hydrogen) atoms. The van der Waals surface area contributed by atoms with Crippen LogP contribution in [-0.4, -0.2) is 24.7 Å². The summed E-state index contributed by atoms with van der Waals surface area (Å²) in [4.78, 5) is 7.26. The van der Waals surface area contributed by atoms with E-state index in [0.29, 0.717) is 0 Å². The minimum Gasteiger partial charge on any atom is -0.348 e. The van der Waals surface area contributed by atoms with E-state index in [1.54, 1.807) is 18.1 Å². The molecule has 5 nitrogen and oxygen atoms in total. The summed E-state index contributed by atoms with van der Waals surface area (Å²) in [6.07, 6.45) is 5.56. The van der Waals surface area contributed by atoms with Gasteiger partial charge in [-0.2, -0.15) is 0 Å². The largest absolute Gasteiger partial charge is 0.348 e. The molecular weight excluding hydrogens is 354 g/mol. The summed E-state index contributed by atoms with van der Waals surface area (Å²) in [5.41, 5.74) is 3.54. The Hall–Kier alpha value is -2.86. The number of H-pyrrole nitrogens is 1. The number of aryl methyl sites for hydroxylation is 1. The Balaban J connectivity index is 1.53. The zero-order valence-electron chi connectivity index (χ0n) is 15.0. The molecule has 0 amide bonds. The number of aromatic nitrogens is 5. The first-order valence-electron chi connectivity index (χ1n) is 9.03. The number of hydrogen-bond acceptors (Lipinski definition) is 4. The van der Waals surface area contributed by atoms with Crippen molar-refractivity contribution >= 4 is 11.8 Å². The van der Waals surface area contributed by atoms with Crippen LogP contribution in [0.3, 0.4) is 0 Å². The fourth-order valence-corrected chi connectivity index (χ4v) is 3.89. The first-order chi connectivity index (χ1) is 13.4. The van der Waals surface area contributed by atoms with Gasteiger partial charge in [0.05, 0.1) is 6.33 Å². The smallest absolute Gasteiger partial charge is 0.191 e. The summed E-state index contributed by atoms with van der Waals surface area (Å²) in [6.45, 7) is 0.868. The lowest BCUT2D eigenvalue weighted by atomic mass is 10.2. The Labute approximate surface area is 162 Å². The zero-order valence-corrected chi connectivity index (χ0v) is 15.8. The minimum atomic E-state index is 0.868. The number of thioether (sulfide) groups is 1. The summed E-state index contributed by atoms with van der Waals surface area (Å²) >= 11 is 1.73. The van der Waals surface area contributed by atoms with E-state index >= 15 is 0 Å². The van der Waals surface area contributed by atoms with Gasteiger partial charge in [0.15, 0.2) is 11.0 Å². The Morgan fingerprint density at radius 2 is 1.70 bits per heavy atom. The van der Waals surface area contributed by atoms with Crippen molar-refractivity contribution in [1.82, 2.24) is 24.7 Å². The molecule has 0 fully saturated rings. The number of nitrogens with one attached hydrogen (secondary N) is 1. The van der Waals surface area contributed by atoms with E-state index in [1.165, 1.54) is 5.56 Å².